The van der Waals surface area contributed by atoms with Crippen molar-refractivity contribution in [3.63, 3.8) is 0 Å². The molecule has 0 heterocycles. The average molecular weight is 356 g/mol. The third kappa shape index (κ3) is 4.67. The first-order valence-corrected chi connectivity index (χ1v) is 8.58. The maximum absolute atomic E-state index is 12.4. The van der Waals surface area contributed by atoms with Gasteiger partial charge in [0.25, 0.3) is 0 Å². The lowest BCUT2D eigenvalue weighted by Gasteiger charge is -2.17. The van der Waals surface area contributed by atoms with E-state index in [9.17, 15) is 4.79 Å². The number of thioether (sulfide) groups is 1. The number of ketones is 1. The summed E-state index contributed by atoms with van der Waals surface area (Å²) in [4.78, 5) is 12.4. The van der Waals surface area contributed by atoms with Crippen molar-refractivity contribution in [2.45, 2.75) is 13.8 Å². The van der Waals surface area contributed by atoms with Gasteiger partial charge >= 0.3 is 0 Å². The molecule has 7 heteroatoms. The normalized spacial score (nSPS) is 10.2. The minimum Gasteiger partial charge on any atom is -0.496 e. The lowest BCUT2D eigenvalue weighted by Crippen LogP contribution is -2.22. The van der Waals surface area contributed by atoms with Crippen LogP contribution in [-0.2, 0) is 0 Å². The van der Waals surface area contributed by atoms with Gasteiger partial charge in [-0.2, -0.15) is 10.5 Å². The molecule has 25 heavy (non-hydrogen) atoms. The second-order valence-corrected chi connectivity index (χ2v) is 6.42. The molecule has 2 aromatic rings. The molecule has 0 spiro atoms. The molecule has 0 unspecified atom stereocenters. The number of anilines is 1. The molecule has 2 aromatic carbocycles. The Hall–Kier alpha value is -2.67. The van der Waals surface area contributed by atoms with Gasteiger partial charge in [0.15, 0.2) is 11.0 Å². The Morgan fingerprint density at radius 1 is 1.24 bits per heavy atom. The minimum atomic E-state index is -0.109. The molecule has 0 aromatic heterocycles. The van der Waals surface area contributed by atoms with Gasteiger partial charge in [0.05, 0.1) is 18.6 Å². The number of benzene rings is 2. The van der Waals surface area contributed by atoms with Crippen molar-refractivity contribution in [2.24, 2.45) is 5.22 Å². The van der Waals surface area contributed by atoms with E-state index in [0.717, 1.165) is 22.9 Å². The molecule has 2 rings (SSSR count). The van der Waals surface area contributed by atoms with Gasteiger partial charge in [-0.3, -0.25) is 10.2 Å². The summed E-state index contributed by atoms with van der Waals surface area (Å²) in [7, 11) is 1.57. The van der Waals surface area contributed by atoms with Crippen molar-refractivity contribution in [3.8, 4) is 5.75 Å². The zero-order chi connectivity index (χ0) is 18.4. The summed E-state index contributed by atoms with van der Waals surface area (Å²) < 4.78 is 5.24. The zero-order valence-corrected chi connectivity index (χ0v) is 15.2. The number of carbonyl (C=O) groups excluding carboxylic acids is 1. The van der Waals surface area contributed by atoms with Gasteiger partial charge in [-0.1, -0.05) is 41.3 Å². The first-order valence-electron chi connectivity index (χ1n) is 7.59. The molecule has 0 saturated carbocycles. The minimum absolute atomic E-state index is 0.0213. The number of Topliss-reactive ketones (excluding diaryl/α,β-unsaturated/α-hetero) is 1. The highest BCUT2D eigenvalue weighted by atomic mass is 32.2. The van der Waals surface area contributed by atoms with E-state index in [2.05, 4.69) is 5.22 Å². The van der Waals surface area contributed by atoms with Crippen LogP contribution in [-0.4, -0.2) is 23.8 Å². The maximum atomic E-state index is 12.4. The monoisotopic (exact) mass is 356 g/mol. The fourth-order valence-corrected chi connectivity index (χ4v) is 2.95. The van der Waals surface area contributed by atoms with Gasteiger partial charge in [0.1, 0.15) is 5.75 Å². The highest BCUT2D eigenvalue weighted by Crippen LogP contribution is 2.23. The molecule has 0 amide bonds. The summed E-state index contributed by atoms with van der Waals surface area (Å²) >= 11 is 1.04. The quantitative estimate of drug-likeness (QED) is 0.260. The number of amidine groups is 1. The molecule has 0 aliphatic carbocycles. The van der Waals surface area contributed by atoms with Gasteiger partial charge in [0, 0.05) is 5.56 Å². The van der Waals surface area contributed by atoms with Crippen LogP contribution < -0.4 is 9.75 Å². The van der Waals surface area contributed by atoms with Crippen LogP contribution in [0.1, 0.15) is 21.5 Å². The first kappa shape index (κ1) is 18.7. The van der Waals surface area contributed by atoms with E-state index in [1.807, 2.05) is 38.1 Å². The number of nitrogens with one attached hydrogen (secondary N) is 2. The number of nitrogens with zero attached hydrogens (tertiary/aromatic N) is 2. The molecular formula is C18H20N4O2S. The molecule has 0 aliphatic heterocycles. The second-order valence-electron chi connectivity index (χ2n) is 5.45. The van der Waals surface area contributed by atoms with Gasteiger partial charge in [0.2, 0.25) is 0 Å². The molecule has 0 radical (unpaired) electrons. The Kier molecular flexibility index (Phi) is 6.30. The van der Waals surface area contributed by atoms with Crippen LogP contribution in [0.2, 0.25) is 0 Å². The molecule has 0 aliphatic rings. The van der Waals surface area contributed by atoms with E-state index in [1.54, 1.807) is 25.3 Å². The van der Waals surface area contributed by atoms with Crippen LogP contribution in [0.4, 0.5) is 5.69 Å². The number of methoxy groups -OCH3 is 1. The van der Waals surface area contributed by atoms with Crippen LogP contribution in [0.3, 0.4) is 0 Å². The lowest BCUT2D eigenvalue weighted by molar-refractivity contribution is 0.102. The second kappa shape index (κ2) is 8.43. The zero-order valence-electron chi connectivity index (χ0n) is 14.4. The molecule has 6 nitrogen and oxygen atoms in total. The van der Waals surface area contributed by atoms with E-state index < -0.39 is 0 Å². The van der Waals surface area contributed by atoms with Gasteiger partial charge < -0.3 is 4.74 Å². The fourth-order valence-electron chi connectivity index (χ4n) is 2.25. The Morgan fingerprint density at radius 2 is 2.00 bits per heavy atom. The van der Waals surface area contributed by atoms with Crippen molar-refractivity contribution in [1.29, 1.82) is 10.9 Å². The van der Waals surface area contributed by atoms with Crippen LogP contribution in [0.5, 0.6) is 5.75 Å². The lowest BCUT2D eigenvalue weighted by atomic mass is 10.1. The summed E-state index contributed by atoms with van der Waals surface area (Å²) in [5.41, 5.74) is 10.4. The van der Waals surface area contributed by atoms with E-state index in [0.29, 0.717) is 17.0 Å². The summed E-state index contributed by atoms with van der Waals surface area (Å²) in [6.45, 7) is 3.84. The number of hydrogen-bond donors (Lipinski definition) is 2. The Balaban J connectivity index is 2.05. The molecule has 2 N–H and O–H groups in total. The molecule has 0 atom stereocenters. The van der Waals surface area contributed by atoms with Crippen molar-refractivity contribution in [1.82, 2.24) is 0 Å². The van der Waals surface area contributed by atoms with E-state index in [1.165, 1.54) is 5.01 Å². The smallest absolute Gasteiger partial charge is 0.183 e. The molecule has 130 valence electrons. The Morgan fingerprint density at radius 3 is 2.64 bits per heavy atom. The number of aryl methyl sites for hydroxylation is 2. The Bertz CT molecular complexity index is 807. The maximum Gasteiger partial charge on any atom is 0.183 e. The first-order chi connectivity index (χ1) is 12.0. The van der Waals surface area contributed by atoms with Crippen molar-refractivity contribution >= 4 is 28.4 Å². The van der Waals surface area contributed by atoms with E-state index in [-0.39, 0.29) is 16.7 Å². The predicted molar refractivity (Wildman–Crippen MR) is 101 cm³/mol. The molecule has 0 bridgehead atoms. The third-order valence-electron chi connectivity index (χ3n) is 3.61. The summed E-state index contributed by atoms with van der Waals surface area (Å²) in [5.74, 6) is 0.638. The van der Waals surface area contributed by atoms with E-state index >= 15 is 0 Å². The molecule has 0 fully saturated rings. The standard InChI is InChI=1S/C18H20N4O2S/c1-12-5-4-6-15(9-12)22(21-20)18(19)25-11-16(23)14-8-7-13(2)17(10-14)24-3/h4-10,19-20H,11H2,1-3H3. The highest BCUT2D eigenvalue weighted by molar-refractivity contribution is 8.14. The summed E-state index contributed by atoms with van der Waals surface area (Å²) in [6, 6.07) is 12.7. The number of hydrogen-bond acceptors (Lipinski definition) is 6. The van der Waals surface area contributed by atoms with Crippen molar-refractivity contribution in [3.05, 3.63) is 59.2 Å². The van der Waals surface area contributed by atoms with Crippen molar-refractivity contribution < 1.29 is 9.53 Å². The number of ether oxygens (including phenoxy) is 1. The van der Waals surface area contributed by atoms with Crippen LogP contribution in [0.15, 0.2) is 47.7 Å². The molecule has 0 saturated heterocycles. The van der Waals surface area contributed by atoms with Crippen LogP contribution in [0, 0.1) is 24.8 Å². The summed E-state index contributed by atoms with van der Waals surface area (Å²) in [5, 5.41) is 12.7. The highest BCUT2D eigenvalue weighted by Gasteiger charge is 2.16. The van der Waals surface area contributed by atoms with Crippen molar-refractivity contribution in [2.75, 3.05) is 17.9 Å². The number of carbonyl (C=O) groups is 1. The van der Waals surface area contributed by atoms with E-state index in [4.69, 9.17) is 15.7 Å². The third-order valence-corrected chi connectivity index (χ3v) is 4.46. The average Bonchev–Trinajstić information content (AvgIpc) is 2.60. The van der Waals surface area contributed by atoms with Gasteiger partial charge in [-0.25, -0.2) is 0 Å². The topological polar surface area (TPSA) is 89.6 Å². The Labute approximate surface area is 151 Å². The largest absolute Gasteiger partial charge is 0.496 e. The van der Waals surface area contributed by atoms with Gasteiger partial charge in [-0.15, -0.1) is 0 Å². The number of rotatable bonds is 6. The van der Waals surface area contributed by atoms with Gasteiger partial charge in [-0.05, 0) is 43.2 Å². The van der Waals surface area contributed by atoms with Crippen LogP contribution in [0.25, 0.3) is 0 Å². The fraction of sp³-hybridized carbons (Fsp3) is 0.222. The van der Waals surface area contributed by atoms with Crippen LogP contribution >= 0.6 is 11.8 Å². The molecular weight excluding hydrogens is 336 g/mol. The SMILES string of the molecule is COc1cc(C(=O)CSC(=N)N(N=N)c2cccc(C)c2)ccc1C. The predicted octanol–water partition coefficient (Wildman–Crippen LogP) is 4.62. The summed E-state index contributed by atoms with van der Waals surface area (Å²) in [6.07, 6.45) is 0.